The van der Waals surface area contributed by atoms with Crippen LogP contribution in [0.1, 0.15) is 0 Å². The first-order valence-corrected chi connectivity index (χ1v) is 18.4. The molecule has 12 aromatic rings. The molecule has 55 heavy (non-hydrogen) atoms. The van der Waals surface area contributed by atoms with Crippen LogP contribution < -0.4 is 0 Å². The smallest absolute Gasteiger partial charge is 0.253 e. The Morgan fingerprint density at radius 2 is 1.16 bits per heavy atom. The van der Waals surface area contributed by atoms with Gasteiger partial charge in [-0.3, -0.25) is 4.98 Å². The van der Waals surface area contributed by atoms with Crippen molar-refractivity contribution in [3.8, 4) is 34.0 Å². The van der Waals surface area contributed by atoms with Crippen LogP contribution in [0.3, 0.4) is 0 Å². The van der Waals surface area contributed by atoms with Gasteiger partial charge in [0.15, 0.2) is 5.82 Å². The van der Waals surface area contributed by atoms with Crippen LogP contribution in [-0.2, 0) is 0 Å². The van der Waals surface area contributed by atoms with Crippen molar-refractivity contribution in [2.24, 2.45) is 0 Å². The lowest BCUT2D eigenvalue weighted by Gasteiger charge is -2.11. The standard InChI is InChI=1S/C48H29N7/c1-2-11-30(12-3-1)45-39-16-6-9-19-42(39)55-48(50-45)51-47(52-55)33-21-20-32-28-34(23-22-31(32)27-33)54-40-17-7-4-14-36(40)37-24-25-43-44(46(37)54)38-15-5-8-18-41(38)53(43)35-13-10-26-49-29-35/h1-29H. The van der Waals surface area contributed by atoms with E-state index in [1.807, 2.05) is 53.3 Å². The molecule has 7 aromatic carbocycles. The highest BCUT2D eigenvalue weighted by atomic mass is 15.3. The van der Waals surface area contributed by atoms with Gasteiger partial charge in [-0.25, -0.2) is 4.98 Å². The summed E-state index contributed by atoms with van der Waals surface area (Å²) in [5, 5.41) is 13.1. The van der Waals surface area contributed by atoms with E-state index in [4.69, 9.17) is 15.1 Å². The highest BCUT2D eigenvalue weighted by molar-refractivity contribution is 6.26. The summed E-state index contributed by atoms with van der Waals surface area (Å²) >= 11 is 0. The van der Waals surface area contributed by atoms with Crippen LogP contribution in [-0.4, -0.2) is 33.7 Å². The maximum absolute atomic E-state index is 5.01. The minimum atomic E-state index is 0.575. The van der Waals surface area contributed by atoms with Crippen molar-refractivity contribution in [3.05, 3.63) is 176 Å². The van der Waals surface area contributed by atoms with E-state index >= 15 is 0 Å². The lowest BCUT2D eigenvalue weighted by Crippen LogP contribution is -1.97. The van der Waals surface area contributed by atoms with Gasteiger partial charge in [0.05, 0.1) is 45.2 Å². The van der Waals surface area contributed by atoms with E-state index in [9.17, 15) is 0 Å². The number of hydrogen-bond acceptors (Lipinski definition) is 4. The molecule has 0 bridgehead atoms. The topological polar surface area (TPSA) is 65.8 Å². The Kier molecular flexibility index (Phi) is 6.21. The molecule has 0 atom stereocenters. The highest BCUT2D eigenvalue weighted by Crippen LogP contribution is 2.42. The summed E-state index contributed by atoms with van der Waals surface area (Å²) in [6, 6.07) is 57.8. The number of aromatic nitrogens is 7. The van der Waals surface area contributed by atoms with E-state index < -0.39 is 0 Å². The first-order valence-electron chi connectivity index (χ1n) is 18.4. The molecule has 7 nitrogen and oxygen atoms in total. The molecular weight excluding hydrogens is 675 g/mol. The summed E-state index contributed by atoms with van der Waals surface area (Å²) in [6.45, 7) is 0. The molecule has 0 N–H and O–H groups in total. The molecule has 0 saturated carbocycles. The molecule has 0 radical (unpaired) electrons. The quantitative estimate of drug-likeness (QED) is 0.183. The van der Waals surface area contributed by atoms with Gasteiger partial charge in [0.25, 0.3) is 5.78 Å². The Labute approximate surface area is 314 Å². The van der Waals surface area contributed by atoms with Gasteiger partial charge in [0.2, 0.25) is 0 Å². The van der Waals surface area contributed by atoms with Crippen molar-refractivity contribution in [3.63, 3.8) is 0 Å². The van der Waals surface area contributed by atoms with Crippen LogP contribution in [0.2, 0.25) is 0 Å². The zero-order valence-electron chi connectivity index (χ0n) is 29.4. The number of hydrogen-bond donors (Lipinski definition) is 0. The number of nitrogens with zero attached hydrogens (tertiary/aromatic N) is 7. The maximum atomic E-state index is 5.01. The predicted octanol–water partition coefficient (Wildman–Crippen LogP) is 11.4. The van der Waals surface area contributed by atoms with Crippen molar-refractivity contribution < 1.29 is 0 Å². The summed E-state index contributed by atoms with van der Waals surface area (Å²) in [5.74, 6) is 1.22. The Balaban J connectivity index is 1.04. The molecule has 0 aliphatic rings. The number of para-hydroxylation sites is 3. The van der Waals surface area contributed by atoms with E-state index in [1.165, 1.54) is 32.6 Å². The third-order valence-corrected chi connectivity index (χ3v) is 11.0. The van der Waals surface area contributed by atoms with Gasteiger partial charge in [-0.2, -0.15) is 9.50 Å². The molecule has 0 saturated heterocycles. The fourth-order valence-corrected chi connectivity index (χ4v) is 8.55. The third kappa shape index (κ3) is 4.38. The third-order valence-electron chi connectivity index (χ3n) is 11.0. The zero-order valence-corrected chi connectivity index (χ0v) is 29.4. The van der Waals surface area contributed by atoms with Crippen LogP contribution in [0, 0.1) is 0 Å². The molecule has 0 aliphatic heterocycles. The number of fused-ring (bicyclic) bond motifs is 11. The average Bonchev–Trinajstić information content (AvgIpc) is 3.94. The summed E-state index contributed by atoms with van der Waals surface area (Å²) < 4.78 is 6.62. The molecule has 0 unspecified atom stereocenters. The van der Waals surface area contributed by atoms with Crippen LogP contribution in [0.25, 0.3) is 105 Å². The Morgan fingerprint density at radius 1 is 0.436 bits per heavy atom. The molecule has 0 spiro atoms. The van der Waals surface area contributed by atoms with Crippen LogP contribution >= 0.6 is 0 Å². The van der Waals surface area contributed by atoms with Crippen molar-refractivity contribution in [1.29, 1.82) is 0 Å². The lowest BCUT2D eigenvalue weighted by atomic mass is 10.1. The Hall–Kier alpha value is -7.64. The van der Waals surface area contributed by atoms with Gasteiger partial charge in [0.1, 0.15) is 0 Å². The molecule has 12 rings (SSSR count). The van der Waals surface area contributed by atoms with E-state index in [0.717, 1.165) is 60.9 Å². The van der Waals surface area contributed by atoms with Crippen molar-refractivity contribution in [2.75, 3.05) is 0 Å². The van der Waals surface area contributed by atoms with Crippen molar-refractivity contribution in [2.45, 2.75) is 0 Å². The Bertz CT molecular complexity index is 3490. The number of pyridine rings is 1. The summed E-state index contributed by atoms with van der Waals surface area (Å²) in [7, 11) is 0. The van der Waals surface area contributed by atoms with E-state index in [-0.39, 0.29) is 0 Å². The first kappa shape index (κ1) is 29.9. The van der Waals surface area contributed by atoms with Gasteiger partial charge in [0, 0.05) is 49.9 Å². The van der Waals surface area contributed by atoms with Crippen LogP contribution in [0.5, 0.6) is 0 Å². The number of benzene rings is 7. The molecule has 5 aromatic heterocycles. The second-order valence-electron chi connectivity index (χ2n) is 14.0. The van der Waals surface area contributed by atoms with Crippen molar-refractivity contribution >= 4 is 71.1 Å². The molecule has 5 heterocycles. The van der Waals surface area contributed by atoms with E-state index in [1.54, 1.807) is 0 Å². The second kappa shape index (κ2) is 11.4. The summed E-state index contributed by atoms with van der Waals surface area (Å²) in [4.78, 5) is 14.4. The maximum Gasteiger partial charge on any atom is 0.253 e. The SMILES string of the molecule is c1ccc(-c2nc3nc(-c4ccc5cc(-n6c7ccccc7c7ccc8c(c9ccccc9n8-c8cccnc8)c76)ccc5c4)nn3c3ccccc23)cc1. The monoisotopic (exact) mass is 703 g/mol. The molecule has 7 heteroatoms. The van der Waals surface area contributed by atoms with Crippen LogP contribution in [0.15, 0.2) is 176 Å². The predicted molar refractivity (Wildman–Crippen MR) is 223 cm³/mol. The van der Waals surface area contributed by atoms with E-state index in [2.05, 4.69) is 142 Å². The van der Waals surface area contributed by atoms with E-state index in [0.29, 0.717) is 11.6 Å². The molecule has 256 valence electrons. The van der Waals surface area contributed by atoms with Crippen LogP contribution in [0.4, 0.5) is 0 Å². The van der Waals surface area contributed by atoms with Gasteiger partial charge < -0.3 is 9.13 Å². The van der Waals surface area contributed by atoms with Gasteiger partial charge >= 0.3 is 0 Å². The summed E-state index contributed by atoms with van der Waals surface area (Å²) in [6.07, 6.45) is 3.76. The fourth-order valence-electron chi connectivity index (χ4n) is 8.55. The molecular formula is C48H29N7. The lowest BCUT2D eigenvalue weighted by molar-refractivity contribution is 0.989. The normalized spacial score (nSPS) is 12.0. The average molecular weight is 704 g/mol. The highest BCUT2D eigenvalue weighted by Gasteiger charge is 2.21. The second-order valence-corrected chi connectivity index (χ2v) is 14.0. The molecule has 0 fully saturated rings. The minimum Gasteiger partial charge on any atom is -0.309 e. The fraction of sp³-hybridized carbons (Fsp3) is 0. The molecule has 0 aliphatic carbocycles. The first-order chi connectivity index (χ1) is 27.3. The Morgan fingerprint density at radius 3 is 2.00 bits per heavy atom. The molecule has 0 amide bonds. The van der Waals surface area contributed by atoms with Gasteiger partial charge in [-0.1, -0.05) is 109 Å². The summed E-state index contributed by atoms with van der Waals surface area (Å²) in [5.41, 5.74) is 10.7. The van der Waals surface area contributed by atoms with Gasteiger partial charge in [-0.15, -0.1) is 5.10 Å². The zero-order chi connectivity index (χ0) is 36.0. The van der Waals surface area contributed by atoms with Gasteiger partial charge in [-0.05, 0) is 65.4 Å². The largest absolute Gasteiger partial charge is 0.309 e. The number of rotatable bonds is 4. The van der Waals surface area contributed by atoms with Crippen molar-refractivity contribution in [1.82, 2.24) is 33.7 Å². The minimum absolute atomic E-state index is 0.575.